The molecule has 1 aromatic heterocycles. The van der Waals surface area contributed by atoms with Crippen molar-refractivity contribution >= 4 is 12.2 Å². The number of nitrogens with one attached hydrogen (secondary N) is 2. The van der Waals surface area contributed by atoms with Gasteiger partial charge in [-0.25, -0.2) is 14.6 Å². The molecule has 2 aliphatic rings. The Morgan fingerprint density at radius 1 is 1.05 bits per heavy atom. The molecule has 1 aliphatic carbocycles. The first kappa shape index (κ1) is 24.9. The van der Waals surface area contributed by atoms with Crippen LogP contribution in [0, 0.1) is 0 Å². The number of para-hydroxylation sites is 1. The summed E-state index contributed by atoms with van der Waals surface area (Å²) in [6.07, 6.45) is 4.76. The third-order valence-electron chi connectivity index (χ3n) is 6.89. The van der Waals surface area contributed by atoms with Gasteiger partial charge >= 0.3 is 12.2 Å². The Bertz CT molecular complexity index is 1230. The third kappa shape index (κ3) is 5.96. The first-order valence-corrected chi connectivity index (χ1v) is 12.9. The average Bonchev–Trinajstić information content (AvgIpc) is 3.51. The number of benzene rings is 2. The molecule has 1 saturated heterocycles. The van der Waals surface area contributed by atoms with Crippen molar-refractivity contribution in [3.05, 3.63) is 72.2 Å². The molecule has 0 radical (unpaired) electrons. The van der Waals surface area contributed by atoms with E-state index in [1.165, 1.54) is 5.56 Å². The number of carbonyl (C=O) groups is 2. The van der Waals surface area contributed by atoms with Gasteiger partial charge in [0.05, 0.1) is 11.7 Å². The van der Waals surface area contributed by atoms with Crippen molar-refractivity contribution in [2.24, 2.45) is 0 Å². The van der Waals surface area contributed by atoms with Crippen LogP contribution in [0.25, 0.3) is 11.3 Å². The normalized spacial score (nSPS) is 21.3. The SMILES string of the molecule is CC(C)(C)OC(=O)N1CCCC1c1nc(-c2ccc(C3CC(NC(=O)Oc4ccccc4)C3)cc2)c[nH]1. The summed E-state index contributed by atoms with van der Waals surface area (Å²) in [7, 11) is 0. The van der Waals surface area contributed by atoms with Gasteiger partial charge in [0.15, 0.2) is 0 Å². The molecule has 2 fully saturated rings. The standard InChI is InChI=1S/C29H34N4O4/c1-29(2,3)37-28(35)33-15-7-10-25(33)26-30-18-24(32-26)20-13-11-19(12-14-20)21-16-22(17-21)31-27(34)36-23-8-5-4-6-9-23/h4-6,8-9,11-14,18,21-22,25H,7,10,15-17H2,1-3H3,(H,30,32)(H,31,34). The molecule has 5 rings (SSSR count). The molecular weight excluding hydrogens is 468 g/mol. The van der Waals surface area contributed by atoms with Crippen LogP contribution in [-0.2, 0) is 4.74 Å². The predicted octanol–water partition coefficient (Wildman–Crippen LogP) is 6.18. The number of carbonyl (C=O) groups excluding carboxylic acids is 2. The summed E-state index contributed by atoms with van der Waals surface area (Å²) in [4.78, 5) is 34.6. The van der Waals surface area contributed by atoms with E-state index < -0.39 is 11.7 Å². The number of hydrogen-bond donors (Lipinski definition) is 2. The van der Waals surface area contributed by atoms with Crippen molar-refractivity contribution in [2.45, 2.75) is 70.1 Å². The molecule has 8 nitrogen and oxygen atoms in total. The van der Waals surface area contributed by atoms with E-state index in [-0.39, 0.29) is 18.2 Å². The molecule has 8 heteroatoms. The first-order chi connectivity index (χ1) is 17.7. The summed E-state index contributed by atoms with van der Waals surface area (Å²) in [5.74, 6) is 1.74. The third-order valence-corrected chi connectivity index (χ3v) is 6.89. The quantitative estimate of drug-likeness (QED) is 0.434. The highest BCUT2D eigenvalue weighted by Crippen LogP contribution is 2.38. The Morgan fingerprint density at radius 3 is 2.49 bits per heavy atom. The minimum absolute atomic E-state index is 0.101. The highest BCUT2D eigenvalue weighted by molar-refractivity contribution is 5.71. The average molecular weight is 503 g/mol. The van der Waals surface area contributed by atoms with E-state index in [1.807, 2.05) is 45.2 Å². The predicted molar refractivity (Wildman–Crippen MR) is 140 cm³/mol. The smallest absolute Gasteiger partial charge is 0.412 e. The molecule has 2 heterocycles. The van der Waals surface area contributed by atoms with Crippen LogP contribution in [-0.4, -0.2) is 45.2 Å². The van der Waals surface area contributed by atoms with E-state index >= 15 is 0 Å². The number of imidazole rings is 1. The Hall–Kier alpha value is -3.81. The van der Waals surface area contributed by atoms with Crippen LogP contribution >= 0.6 is 0 Å². The summed E-state index contributed by atoms with van der Waals surface area (Å²) in [6.45, 7) is 6.31. The molecule has 37 heavy (non-hydrogen) atoms. The van der Waals surface area contributed by atoms with Crippen molar-refractivity contribution in [2.75, 3.05) is 6.54 Å². The summed E-state index contributed by atoms with van der Waals surface area (Å²) < 4.78 is 10.9. The molecule has 1 aliphatic heterocycles. The van der Waals surface area contributed by atoms with Gasteiger partial charge in [0.2, 0.25) is 0 Å². The minimum Gasteiger partial charge on any atom is -0.444 e. The van der Waals surface area contributed by atoms with E-state index in [1.54, 1.807) is 17.0 Å². The van der Waals surface area contributed by atoms with Crippen molar-refractivity contribution < 1.29 is 19.1 Å². The topological polar surface area (TPSA) is 96.6 Å². The van der Waals surface area contributed by atoms with Gasteiger partial charge in [0.1, 0.15) is 17.2 Å². The zero-order chi connectivity index (χ0) is 26.0. The number of rotatable bonds is 5. The number of H-pyrrole nitrogens is 1. The number of likely N-dealkylation sites (tertiary alicyclic amines) is 1. The van der Waals surface area contributed by atoms with Crippen LogP contribution in [0.15, 0.2) is 60.8 Å². The maximum absolute atomic E-state index is 12.7. The number of hydrogen-bond acceptors (Lipinski definition) is 5. The Labute approximate surface area is 217 Å². The zero-order valence-electron chi connectivity index (χ0n) is 21.6. The molecule has 194 valence electrons. The fourth-order valence-electron chi connectivity index (χ4n) is 4.97. The number of ether oxygens (including phenoxy) is 2. The van der Waals surface area contributed by atoms with Gasteiger partial charge in [-0.05, 0) is 70.1 Å². The van der Waals surface area contributed by atoms with E-state index in [0.29, 0.717) is 18.2 Å². The van der Waals surface area contributed by atoms with Crippen molar-refractivity contribution in [3.63, 3.8) is 0 Å². The van der Waals surface area contributed by atoms with Crippen LogP contribution < -0.4 is 10.1 Å². The monoisotopic (exact) mass is 502 g/mol. The summed E-state index contributed by atoms with van der Waals surface area (Å²) in [6, 6.07) is 17.5. The van der Waals surface area contributed by atoms with E-state index in [2.05, 4.69) is 34.6 Å². The van der Waals surface area contributed by atoms with Crippen LogP contribution in [0.2, 0.25) is 0 Å². The zero-order valence-corrected chi connectivity index (χ0v) is 21.6. The van der Waals surface area contributed by atoms with Gasteiger partial charge in [-0.2, -0.15) is 0 Å². The molecular formula is C29H34N4O4. The molecule has 0 bridgehead atoms. The highest BCUT2D eigenvalue weighted by Gasteiger charge is 2.35. The number of nitrogens with zero attached hydrogens (tertiary/aromatic N) is 2. The van der Waals surface area contributed by atoms with E-state index in [9.17, 15) is 9.59 Å². The van der Waals surface area contributed by atoms with Gasteiger partial charge in [0.25, 0.3) is 0 Å². The summed E-state index contributed by atoms with van der Waals surface area (Å²) in [5.41, 5.74) is 2.60. The Morgan fingerprint density at radius 2 is 1.78 bits per heavy atom. The second-order valence-electron chi connectivity index (χ2n) is 10.8. The first-order valence-electron chi connectivity index (χ1n) is 12.9. The van der Waals surface area contributed by atoms with Crippen LogP contribution in [0.5, 0.6) is 5.75 Å². The molecule has 2 N–H and O–H groups in total. The van der Waals surface area contributed by atoms with Crippen LogP contribution in [0.3, 0.4) is 0 Å². The lowest BCUT2D eigenvalue weighted by molar-refractivity contribution is 0.0218. The Kier molecular flexibility index (Phi) is 6.91. The molecule has 1 atom stereocenters. The van der Waals surface area contributed by atoms with Crippen LogP contribution in [0.1, 0.15) is 69.8 Å². The lowest BCUT2D eigenvalue weighted by Gasteiger charge is -2.35. The maximum Gasteiger partial charge on any atom is 0.412 e. The van der Waals surface area contributed by atoms with Crippen molar-refractivity contribution in [1.82, 2.24) is 20.2 Å². The largest absolute Gasteiger partial charge is 0.444 e. The van der Waals surface area contributed by atoms with Crippen molar-refractivity contribution in [3.8, 4) is 17.0 Å². The molecule has 1 saturated carbocycles. The van der Waals surface area contributed by atoms with Gasteiger partial charge in [-0.3, -0.25) is 4.90 Å². The molecule has 2 aromatic carbocycles. The van der Waals surface area contributed by atoms with Gasteiger partial charge in [-0.15, -0.1) is 0 Å². The molecule has 0 spiro atoms. The fourth-order valence-corrected chi connectivity index (χ4v) is 4.97. The number of aromatic amines is 1. The molecule has 2 amide bonds. The second kappa shape index (κ2) is 10.3. The summed E-state index contributed by atoms with van der Waals surface area (Å²) >= 11 is 0. The Balaban J connectivity index is 1.15. The van der Waals surface area contributed by atoms with Crippen molar-refractivity contribution in [1.29, 1.82) is 0 Å². The minimum atomic E-state index is -0.526. The number of aromatic nitrogens is 2. The fraction of sp³-hybridized carbons (Fsp3) is 0.414. The van der Waals surface area contributed by atoms with Gasteiger partial charge in [-0.1, -0.05) is 42.5 Å². The molecule has 1 unspecified atom stereocenters. The number of amides is 2. The highest BCUT2D eigenvalue weighted by atomic mass is 16.6. The lowest BCUT2D eigenvalue weighted by atomic mass is 9.76. The maximum atomic E-state index is 12.7. The van der Waals surface area contributed by atoms with E-state index in [0.717, 1.165) is 42.8 Å². The van der Waals surface area contributed by atoms with E-state index in [4.69, 9.17) is 14.5 Å². The molecule has 3 aromatic rings. The van der Waals surface area contributed by atoms with Crippen LogP contribution in [0.4, 0.5) is 9.59 Å². The lowest BCUT2D eigenvalue weighted by Crippen LogP contribution is -2.44. The van der Waals surface area contributed by atoms with Gasteiger partial charge < -0.3 is 19.8 Å². The second-order valence-corrected chi connectivity index (χ2v) is 10.8. The summed E-state index contributed by atoms with van der Waals surface area (Å²) in [5, 5.41) is 2.94. The van der Waals surface area contributed by atoms with Gasteiger partial charge in [0, 0.05) is 24.3 Å².